The lowest BCUT2D eigenvalue weighted by atomic mass is 10.0. The van der Waals surface area contributed by atoms with Crippen molar-refractivity contribution >= 4 is 21.7 Å². The summed E-state index contributed by atoms with van der Waals surface area (Å²) in [6.45, 7) is 2.11. The number of methoxy groups -OCH3 is 1. The van der Waals surface area contributed by atoms with Crippen LogP contribution in [-0.4, -0.2) is 50.4 Å². The summed E-state index contributed by atoms with van der Waals surface area (Å²) in [5, 5.41) is 0. The first kappa shape index (κ1) is 18.4. The van der Waals surface area contributed by atoms with Crippen LogP contribution in [0.25, 0.3) is 0 Å². The fraction of sp³-hybridized carbons (Fsp3) is 0.529. The van der Waals surface area contributed by atoms with Crippen molar-refractivity contribution in [2.24, 2.45) is 5.92 Å². The molecule has 7 heteroatoms. The Labute approximate surface area is 142 Å². The largest absolute Gasteiger partial charge is 0.468 e. The zero-order chi connectivity index (χ0) is 17.7. The molecule has 6 nitrogen and oxygen atoms in total. The average Bonchev–Trinajstić information content (AvgIpc) is 2.87. The second-order valence-electron chi connectivity index (χ2n) is 6.23. The van der Waals surface area contributed by atoms with E-state index in [1.165, 1.54) is 12.0 Å². The number of esters is 1. The molecular formula is C17H23NO5S. The van der Waals surface area contributed by atoms with Gasteiger partial charge < -0.3 is 9.64 Å². The van der Waals surface area contributed by atoms with Gasteiger partial charge in [-0.3, -0.25) is 9.59 Å². The van der Waals surface area contributed by atoms with Gasteiger partial charge in [0.05, 0.1) is 18.6 Å². The summed E-state index contributed by atoms with van der Waals surface area (Å²) in [5.41, 5.74) is 1.98. The van der Waals surface area contributed by atoms with Gasteiger partial charge in [0.25, 0.3) is 0 Å². The normalized spacial score (nSPS) is 19.0. The van der Waals surface area contributed by atoms with Gasteiger partial charge in [0, 0.05) is 13.0 Å². The van der Waals surface area contributed by atoms with E-state index >= 15 is 0 Å². The van der Waals surface area contributed by atoms with Crippen LogP contribution >= 0.6 is 0 Å². The summed E-state index contributed by atoms with van der Waals surface area (Å²) in [6, 6.07) is 7.65. The molecule has 1 aromatic carbocycles. The standard InChI is InChI=1S/C17H23NO5S/c1-13-5-3-4-6-15(13)10-18(11-17(20)23-2)16(19)9-14-7-8-24(21,22)12-14/h3-6,14H,7-12H2,1-2H3. The van der Waals surface area contributed by atoms with Crippen LogP contribution in [0.4, 0.5) is 0 Å². The third-order valence-electron chi connectivity index (χ3n) is 4.31. The summed E-state index contributed by atoms with van der Waals surface area (Å²) in [5.74, 6) is -0.684. The van der Waals surface area contributed by atoms with Gasteiger partial charge in [0.2, 0.25) is 5.91 Å². The van der Waals surface area contributed by atoms with Crippen LogP contribution < -0.4 is 0 Å². The number of hydrogen-bond donors (Lipinski definition) is 0. The monoisotopic (exact) mass is 353 g/mol. The predicted octanol–water partition coefficient (Wildman–Crippen LogP) is 1.32. The molecule has 1 unspecified atom stereocenters. The van der Waals surface area contributed by atoms with Gasteiger partial charge in [0.1, 0.15) is 6.54 Å². The lowest BCUT2D eigenvalue weighted by Gasteiger charge is -2.23. The predicted molar refractivity (Wildman–Crippen MR) is 90.0 cm³/mol. The Hall–Kier alpha value is -1.89. The number of amides is 1. The van der Waals surface area contributed by atoms with Gasteiger partial charge in [0.15, 0.2) is 9.84 Å². The molecule has 0 saturated carbocycles. The summed E-state index contributed by atoms with van der Waals surface area (Å²) in [7, 11) is -1.74. The van der Waals surface area contributed by atoms with Crippen LogP contribution in [-0.2, 0) is 30.7 Å². The number of hydrogen-bond acceptors (Lipinski definition) is 5. The van der Waals surface area contributed by atoms with Crippen molar-refractivity contribution in [2.75, 3.05) is 25.2 Å². The molecule has 0 aliphatic carbocycles. The first-order valence-electron chi connectivity index (χ1n) is 7.90. The van der Waals surface area contributed by atoms with Crippen LogP contribution in [0.2, 0.25) is 0 Å². The molecule has 0 radical (unpaired) electrons. The number of benzene rings is 1. The minimum atomic E-state index is -3.02. The highest BCUT2D eigenvalue weighted by Crippen LogP contribution is 2.23. The number of sulfone groups is 1. The molecule has 0 N–H and O–H groups in total. The Balaban J connectivity index is 2.09. The van der Waals surface area contributed by atoms with E-state index in [4.69, 9.17) is 0 Å². The first-order valence-corrected chi connectivity index (χ1v) is 9.72. The molecule has 0 aromatic heterocycles. The first-order chi connectivity index (χ1) is 11.3. The van der Waals surface area contributed by atoms with Gasteiger partial charge in [-0.05, 0) is 30.4 Å². The Morgan fingerprint density at radius 3 is 2.58 bits per heavy atom. The summed E-state index contributed by atoms with van der Waals surface area (Å²) in [4.78, 5) is 25.7. The fourth-order valence-electron chi connectivity index (χ4n) is 2.85. The average molecular weight is 353 g/mol. The van der Waals surface area contributed by atoms with E-state index in [-0.39, 0.29) is 36.3 Å². The molecule has 2 rings (SSSR count). The summed E-state index contributed by atoms with van der Waals surface area (Å²) < 4.78 is 27.8. The number of rotatable bonds is 6. The lowest BCUT2D eigenvalue weighted by Crippen LogP contribution is -2.37. The minimum absolute atomic E-state index is 0.0508. The maximum atomic E-state index is 12.6. The number of nitrogens with zero attached hydrogens (tertiary/aromatic N) is 1. The third-order valence-corrected chi connectivity index (χ3v) is 6.15. The van der Waals surface area contributed by atoms with Crippen molar-refractivity contribution in [1.29, 1.82) is 0 Å². The summed E-state index contributed by atoms with van der Waals surface area (Å²) in [6.07, 6.45) is 0.645. The maximum Gasteiger partial charge on any atom is 0.325 e. The van der Waals surface area contributed by atoms with Crippen LogP contribution in [0.5, 0.6) is 0 Å². The van der Waals surface area contributed by atoms with Crippen LogP contribution in [0.15, 0.2) is 24.3 Å². The van der Waals surface area contributed by atoms with Crippen molar-refractivity contribution < 1.29 is 22.7 Å². The second kappa shape index (κ2) is 7.79. The SMILES string of the molecule is COC(=O)CN(Cc1ccccc1C)C(=O)CC1CCS(=O)(=O)C1. The number of ether oxygens (including phenoxy) is 1. The molecule has 1 aromatic rings. The van der Waals surface area contributed by atoms with Gasteiger partial charge >= 0.3 is 5.97 Å². The fourth-order valence-corrected chi connectivity index (χ4v) is 4.72. The highest BCUT2D eigenvalue weighted by atomic mass is 32.2. The van der Waals surface area contributed by atoms with Crippen LogP contribution in [0, 0.1) is 12.8 Å². The van der Waals surface area contributed by atoms with Crippen LogP contribution in [0.3, 0.4) is 0 Å². The van der Waals surface area contributed by atoms with Crippen LogP contribution in [0.1, 0.15) is 24.0 Å². The van der Waals surface area contributed by atoms with E-state index in [0.717, 1.165) is 11.1 Å². The Morgan fingerprint density at radius 2 is 2.00 bits per heavy atom. The smallest absolute Gasteiger partial charge is 0.325 e. The number of aryl methyl sites for hydroxylation is 1. The molecule has 1 aliphatic rings. The Bertz CT molecular complexity index is 713. The number of carbonyl (C=O) groups excluding carboxylic acids is 2. The lowest BCUT2D eigenvalue weighted by molar-refractivity contribution is -0.147. The van der Waals surface area contributed by atoms with Gasteiger partial charge in [-0.1, -0.05) is 24.3 Å². The van der Waals surface area contributed by atoms with E-state index in [1.807, 2.05) is 31.2 Å². The van der Waals surface area contributed by atoms with Crippen molar-refractivity contribution in [3.8, 4) is 0 Å². The molecule has 1 fully saturated rings. The zero-order valence-corrected chi connectivity index (χ0v) is 14.8. The van der Waals surface area contributed by atoms with Gasteiger partial charge in [-0.25, -0.2) is 8.42 Å². The second-order valence-corrected chi connectivity index (χ2v) is 8.45. The molecule has 1 atom stereocenters. The minimum Gasteiger partial charge on any atom is -0.468 e. The molecule has 0 spiro atoms. The molecule has 1 heterocycles. The van der Waals surface area contributed by atoms with E-state index in [1.54, 1.807) is 0 Å². The van der Waals surface area contributed by atoms with Crippen molar-refractivity contribution in [2.45, 2.75) is 26.3 Å². The Kier molecular flexibility index (Phi) is 5.99. The van der Waals surface area contributed by atoms with E-state index < -0.39 is 15.8 Å². The molecule has 132 valence electrons. The van der Waals surface area contributed by atoms with Crippen molar-refractivity contribution in [3.05, 3.63) is 35.4 Å². The quantitative estimate of drug-likeness (QED) is 0.721. The van der Waals surface area contributed by atoms with Crippen molar-refractivity contribution in [1.82, 2.24) is 4.90 Å². The maximum absolute atomic E-state index is 12.6. The highest BCUT2D eigenvalue weighted by Gasteiger charge is 2.31. The third kappa shape index (κ3) is 5.06. The topological polar surface area (TPSA) is 80.8 Å². The Morgan fingerprint density at radius 1 is 1.29 bits per heavy atom. The molecule has 24 heavy (non-hydrogen) atoms. The summed E-state index contributed by atoms with van der Waals surface area (Å²) >= 11 is 0. The molecule has 1 saturated heterocycles. The van der Waals surface area contributed by atoms with E-state index in [0.29, 0.717) is 13.0 Å². The van der Waals surface area contributed by atoms with Gasteiger partial charge in [-0.2, -0.15) is 0 Å². The molecule has 1 aliphatic heterocycles. The molecule has 0 bridgehead atoms. The molecular weight excluding hydrogens is 330 g/mol. The van der Waals surface area contributed by atoms with Crippen molar-refractivity contribution in [3.63, 3.8) is 0 Å². The number of carbonyl (C=O) groups is 2. The van der Waals surface area contributed by atoms with E-state index in [9.17, 15) is 18.0 Å². The van der Waals surface area contributed by atoms with E-state index in [2.05, 4.69) is 4.74 Å². The van der Waals surface area contributed by atoms with Gasteiger partial charge in [-0.15, -0.1) is 0 Å². The molecule has 1 amide bonds. The zero-order valence-electron chi connectivity index (χ0n) is 14.0. The highest BCUT2D eigenvalue weighted by molar-refractivity contribution is 7.91.